The van der Waals surface area contributed by atoms with Crippen LogP contribution in [-0.2, 0) is 24.1 Å². The van der Waals surface area contributed by atoms with Crippen LogP contribution in [0.4, 0.5) is 0 Å². The van der Waals surface area contributed by atoms with Gasteiger partial charge < -0.3 is 5.11 Å². The fraction of sp³-hybridized carbons (Fsp3) is 0.562. The molecule has 0 spiro atoms. The van der Waals surface area contributed by atoms with Gasteiger partial charge in [0.25, 0.3) is 0 Å². The van der Waals surface area contributed by atoms with Crippen molar-refractivity contribution in [3.05, 3.63) is 34.9 Å². The summed E-state index contributed by atoms with van der Waals surface area (Å²) >= 11 is 0. The number of aryl methyl sites for hydroxylation is 2. The third-order valence-electron chi connectivity index (χ3n) is 4.72. The first-order valence-corrected chi connectivity index (χ1v) is 7.04. The highest BCUT2D eigenvalue weighted by Gasteiger charge is 2.44. The van der Waals surface area contributed by atoms with Crippen molar-refractivity contribution >= 4 is 5.97 Å². The molecule has 0 atom stereocenters. The molecule has 0 saturated heterocycles. The number of fused-ring (bicyclic) bond motifs is 1. The third kappa shape index (κ3) is 1.94. The van der Waals surface area contributed by atoms with E-state index in [1.54, 1.807) is 0 Å². The molecule has 0 amide bonds. The molecule has 2 aliphatic carbocycles. The molecule has 0 radical (unpaired) electrons. The Morgan fingerprint density at radius 3 is 2.44 bits per heavy atom. The number of carboxylic acids is 1. The summed E-state index contributed by atoms with van der Waals surface area (Å²) in [4.78, 5) is 11.4. The Hall–Kier alpha value is -1.31. The van der Waals surface area contributed by atoms with Gasteiger partial charge in [-0.15, -0.1) is 0 Å². The molecule has 3 rings (SSSR count). The van der Waals surface area contributed by atoms with E-state index in [4.69, 9.17) is 0 Å². The lowest BCUT2D eigenvalue weighted by atomic mass is 9.65. The quantitative estimate of drug-likeness (QED) is 0.885. The predicted molar refractivity (Wildman–Crippen MR) is 70.7 cm³/mol. The Morgan fingerprint density at radius 2 is 1.83 bits per heavy atom. The molecule has 1 aromatic carbocycles. The minimum Gasteiger partial charge on any atom is -0.481 e. The Bertz CT molecular complexity index is 472. The third-order valence-corrected chi connectivity index (χ3v) is 4.72. The number of carbonyl (C=O) groups is 1. The highest BCUT2D eigenvalue weighted by atomic mass is 16.4. The Morgan fingerprint density at radius 1 is 1.11 bits per heavy atom. The lowest BCUT2D eigenvalue weighted by molar-refractivity contribution is -0.154. The molecule has 1 aromatic rings. The van der Waals surface area contributed by atoms with E-state index < -0.39 is 11.4 Å². The van der Waals surface area contributed by atoms with E-state index in [1.807, 2.05) is 0 Å². The lowest BCUT2D eigenvalue weighted by Gasteiger charge is -2.38. The van der Waals surface area contributed by atoms with Crippen molar-refractivity contribution in [3.8, 4) is 0 Å². The first-order chi connectivity index (χ1) is 8.70. The van der Waals surface area contributed by atoms with Crippen LogP contribution in [0.5, 0.6) is 0 Å². The largest absolute Gasteiger partial charge is 0.481 e. The maximum Gasteiger partial charge on any atom is 0.309 e. The van der Waals surface area contributed by atoms with E-state index in [-0.39, 0.29) is 0 Å². The zero-order valence-corrected chi connectivity index (χ0v) is 10.7. The monoisotopic (exact) mass is 244 g/mol. The van der Waals surface area contributed by atoms with Crippen LogP contribution in [0, 0.1) is 5.41 Å². The Kier molecular flexibility index (Phi) is 2.89. The zero-order chi connectivity index (χ0) is 12.6. The molecule has 0 aliphatic heterocycles. The second-order valence-electron chi connectivity index (χ2n) is 5.93. The number of aliphatic carboxylic acids is 1. The van der Waals surface area contributed by atoms with E-state index in [1.165, 1.54) is 42.4 Å². The summed E-state index contributed by atoms with van der Waals surface area (Å²) in [6.45, 7) is 0. The molecule has 96 valence electrons. The molecule has 1 fully saturated rings. The Labute approximate surface area is 108 Å². The standard InChI is InChI=1S/C16H20O2/c17-15(18)16(8-3-9-16)11-12-6-7-13-4-1-2-5-14(13)10-12/h6-7,10H,1-5,8-9,11H2,(H,17,18). The average Bonchev–Trinajstić information content (AvgIpc) is 2.33. The van der Waals surface area contributed by atoms with Crippen molar-refractivity contribution in [1.82, 2.24) is 0 Å². The summed E-state index contributed by atoms with van der Waals surface area (Å²) in [5.41, 5.74) is 3.70. The molecule has 1 N–H and O–H groups in total. The van der Waals surface area contributed by atoms with Gasteiger partial charge in [0, 0.05) is 0 Å². The summed E-state index contributed by atoms with van der Waals surface area (Å²) in [5.74, 6) is -0.605. The number of hydrogen-bond acceptors (Lipinski definition) is 1. The van der Waals surface area contributed by atoms with E-state index in [0.717, 1.165) is 25.7 Å². The van der Waals surface area contributed by atoms with Crippen LogP contribution in [0.2, 0.25) is 0 Å². The summed E-state index contributed by atoms with van der Waals surface area (Å²) in [6.07, 6.45) is 8.42. The molecule has 2 aliphatic rings. The van der Waals surface area contributed by atoms with Crippen molar-refractivity contribution in [2.75, 3.05) is 0 Å². The van der Waals surface area contributed by atoms with Crippen LogP contribution in [0.1, 0.15) is 48.8 Å². The zero-order valence-electron chi connectivity index (χ0n) is 10.7. The minimum absolute atomic E-state index is 0.455. The molecule has 0 aromatic heterocycles. The van der Waals surface area contributed by atoms with Crippen molar-refractivity contribution in [2.45, 2.75) is 51.4 Å². The molecule has 1 saturated carbocycles. The number of hydrogen-bond donors (Lipinski definition) is 1. The second kappa shape index (κ2) is 4.42. The Balaban J connectivity index is 1.82. The van der Waals surface area contributed by atoms with Gasteiger partial charge >= 0.3 is 5.97 Å². The first kappa shape index (κ1) is 11.8. The fourth-order valence-electron chi connectivity index (χ4n) is 3.36. The van der Waals surface area contributed by atoms with Gasteiger partial charge in [-0.05, 0) is 61.6 Å². The van der Waals surface area contributed by atoms with Crippen LogP contribution in [0.3, 0.4) is 0 Å². The summed E-state index contributed by atoms with van der Waals surface area (Å²) in [7, 11) is 0. The van der Waals surface area contributed by atoms with Gasteiger partial charge in [-0.1, -0.05) is 24.6 Å². The topological polar surface area (TPSA) is 37.3 Å². The highest BCUT2D eigenvalue weighted by molar-refractivity contribution is 5.76. The molecule has 0 unspecified atom stereocenters. The number of benzene rings is 1. The molecule has 18 heavy (non-hydrogen) atoms. The molecule has 0 heterocycles. The van der Waals surface area contributed by atoms with Crippen molar-refractivity contribution < 1.29 is 9.90 Å². The van der Waals surface area contributed by atoms with Crippen LogP contribution in [-0.4, -0.2) is 11.1 Å². The maximum absolute atomic E-state index is 11.4. The normalized spacial score (nSPS) is 20.9. The van der Waals surface area contributed by atoms with E-state index in [9.17, 15) is 9.90 Å². The second-order valence-corrected chi connectivity index (χ2v) is 5.93. The summed E-state index contributed by atoms with van der Waals surface area (Å²) < 4.78 is 0. The van der Waals surface area contributed by atoms with Crippen LogP contribution < -0.4 is 0 Å². The maximum atomic E-state index is 11.4. The summed E-state index contributed by atoms with van der Waals surface area (Å²) in [6, 6.07) is 6.63. The van der Waals surface area contributed by atoms with E-state index >= 15 is 0 Å². The van der Waals surface area contributed by atoms with Gasteiger partial charge in [-0.3, -0.25) is 4.79 Å². The van der Waals surface area contributed by atoms with Crippen molar-refractivity contribution in [1.29, 1.82) is 0 Å². The van der Waals surface area contributed by atoms with Gasteiger partial charge in [0.2, 0.25) is 0 Å². The van der Waals surface area contributed by atoms with Gasteiger partial charge in [-0.2, -0.15) is 0 Å². The average molecular weight is 244 g/mol. The number of carboxylic acid groups (broad SMARTS) is 1. The van der Waals surface area contributed by atoms with Crippen molar-refractivity contribution in [3.63, 3.8) is 0 Å². The fourth-order valence-corrected chi connectivity index (χ4v) is 3.36. The lowest BCUT2D eigenvalue weighted by Crippen LogP contribution is -2.39. The van der Waals surface area contributed by atoms with Crippen molar-refractivity contribution in [2.24, 2.45) is 5.41 Å². The molecular formula is C16H20O2. The predicted octanol–water partition coefficient (Wildman–Crippen LogP) is 3.36. The molecule has 2 nitrogen and oxygen atoms in total. The van der Waals surface area contributed by atoms with Crippen LogP contribution >= 0.6 is 0 Å². The van der Waals surface area contributed by atoms with Crippen LogP contribution in [0.25, 0.3) is 0 Å². The first-order valence-electron chi connectivity index (χ1n) is 7.04. The molecule has 2 heteroatoms. The molecular weight excluding hydrogens is 224 g/mol. The highest BCUT2D eigenvalue weighted by Crippen LogP contribution is 2.44. The smallest absolute Gasteiger partial charge is 0.309 e. The van der Waals surface area contributed by atoms with Gasteiger partial charge in [0.15, 0.2) is 0 Å². The van der Waals surface area contributed by atoms with Gasteiger partial charge in [0.05, 0.1) is 5.41 Å². The number of rotatable bonds is 3. The van der Waals surface area contributed by atoms with E-state index in [0.29, 0.717) is 0 Å². The minimum atomic E-state index is -0.605. The van der Waals surface area contributed by atoms with Gasteiger partial charge in [0.1, 0.15) is 0 Å². The van der Waals surface area contributed by atoms with Crippen LogP contribution in [0.15, 0.2) is 18.2 Å². The molecule has 0 bridgehead atoms. The summed E-state index contributed by atoms with van der Waals surface area (Å²) in [5, 5.41) is 9.38. The SMILES string of the molecule is O=C(O)C1(Cc2ccc3c(c2)CCCC3)CCC1. The van der Waals surface area contributed by atoms with E-state index in [2.05, 4.69) is 18.2 Å². The van der Waals surface area contributed by atoms with Gasteiger partial charge in [-0.25, -0.2) is 0 Å².